The van der Waals surface area contributed by atoms with Crippen LogP contribution < -0.4 is 10.1 Å². The maximum Gasteiger partial charge on any atom is 0.338 e. The van der Waals surface area contributed by atoms with E-state index in [-0.39, 0.29) is 11.3 Å². The molecule has 0 fully saturated rings. The number of halogens is 1. The number of methoxy groups -OCH3 is 1. The molecule has 2 aromatic carbocycles. The van der Waals surface area contributed by atoms with Gasteiger partial charge in [0.25, 0.3) is 5.91 Å². The highest BCUT2D eigenvalue weighted by molar-refractivity contribution is 5.96. The lowest BCUT2D eigenvalue weighted by molar-refractivity contribution is -0.119. The highest BCUT2D eigenvalue weighted by Gasteiger charge is 2.13. The van der Waals surface area contributed by atoms with Crippen molar-refractivity contribution in [2.75, 3.05) is 19.0 Å². The Hall–Kier alpha value is -2.89. The quantitative estimate of drug-likeness (QED) is 0.854. The molecule has 0 aliphatic heterocycles. The Morgan fingerprint density at radius 3 is 2.54 bits per heavy atom. The molecule has 0 saturated carbocycles. The number of hydrogen-bond donors (Lipinski definition) is 1. The summed E-state index contributed by atoms with van der Waals surface area (Å²) in [6.07, 6.45) is 0. The molecule has 0 bridgehead atoms. The summed E-state index contributed by atoms with van der Waals surface area (Å²) >= 11 is 0. The van der Waals surface area contributed by atoms with Crippen molar-refractivity contribution < 1.29 is 23.5 Å². The summed E-state index contributed by atoms with van der Waals surface area (Å²) in [5, 5.41) is 2.68. The first-order valence-electron chi connectivity index (χ1n) is 7.28. The zero-order valence-corrected chi connectivity index (χ0v) is 13.7. The molecule has 126 valence electrons. The van der Waals surface area contributed by atoms with Crippen LogP contribution in [0.1, 0.15) is 21.5 Å². The Morgan fingerprint density at radius 2 is 1.88 bits per heavy atom. The van der Waals surface area contributed by atoms with Crippen molar-refractivity contribution in [3.8, 4) is 5.75 Å². The molecule has 1 amide bonds. The fraction of sp³-hybridized carbons (Fsp3) is 0.222. The molecule has 2 aromatic rings. The van der Waals surface area contributed by atoms with Crippen molar-refractivity contribution in [1.29, 1.82) is 0 Å². The average molecular weight is 331 g/mol. The summed E-state index contributed by atoms with van der Waals surface area (Å²) in [4.78, 5) is 23.8. The number of hydrogen-bond acceptors (Lipinski definition) is 4. The number of esters is 1. The van der Waals surface area contributed by atoms with Crippen molar-refractivity contribution in [2.24, 2.45) is 0 Å². The number of benzene rings is 2. The van der Waals surface area contributed by atoms with Gasteiger partial charge in [0.1, 0.15) is 0 Å². The number of rotatable bonds is 5. The minimum absolute atomic E-state index is 0.00726. The highest BCUT2D eigenvalue weighted by atomic mass is 19.1. The Balaban J connectivity index is 1.95. The van der Waals surface area contributed by atoms with Crippen molar-refractivity contribution >= 4 is 17.6 Å². The van der Waals surface area contributed by atoms with Gasteiger partial charge in [-0.2, -0.15) is 0 Å². The lowest BCUT2D eigenvalue weighted by Gasteiger charge is -2.10. The summed E-state index contributed by atoms with van der Waals surface area (Å²) < 4.78 is 23.2. The summed E-state index contributed by atoms with van der Waals surface area (Å²) in [5.41, 5.74) is 2.57. The zero-order chi connectivity index (χ0) is 17.7. The first-order chi connectivity index (χ1) is 11.4. The van der Waals surface area contributed by atoms with Crippen molar-refractivity contribution in [3.05, 3.63) is 58.9 Å². The number of carbonyl (C=O) groups is 2. The van der Waals surface area contributed by atoms with Gasteiger partial charge < -0.3 is 14.8 Å². The van der Waals surface area contributed by atoms with Crippen LogP contribution in [0.25, 0.3) is 0 Å². The summed E-state index contributed by atoms with van der Waals surface area (Å²) in [5.74, 6) is -1.90. The monoisotopic (exact) mass is 331 g/mol. The van der Waals surface area contributed by atoms with Gasteiger partial charge in [-0.1, -0.05) is 12.1 Å². The Morgan fingerprint density at radius 1 is 1.12 bits per heavy atom. The van der Waals surface area contributed by atoms with E-state index in [0.717, 1.165) is 17.2 Å². The zero-order valence-electron chi connectivity index (χ0n) is 13.7. The van der Waals surface area contributed by atoms with Crippen LogP contribution in [0.15, 0.2) is 36.4 Å². The van der Waals surface area contributed by atoms with E-state index in [1.165, 1.54) is 19.2 Å². The molecule has 0 saturated heterocycles. The Labute approximate surface area is 139 Å². The van der Waals surface area contributed by atoms with Crippen molar-refractivity contribution in [2.45, 2.75) is 13.8 Å². The second-order valence-electron chi connectivity index (χ2n) is 5.29. The van der Waals surface area contributed by atoms with Gasteiger partial charge in [-0.3, -0.25) is 4.79 Å². The third kappa shape index (κ3) is 4.32. The molecule has 0 radical (unpaired) electrons. The molecular formula is C18H18FNO4. The van der Waals surface area contributed by atoms with Crippen LogP contribution in [0, 0.1) is 19.7 Å². The summed E-state index contributed by atoms with van der Waals surface area (Å²) in [7, 11) is 1.33. The number of ether oxygens (including phenoxy) is 2. The number of nitrogens with one attached hydrogen (secondary N) is 1. The van der Waals surface area contributed by atoms with E-state index < -0.39 is 24.3 Å². The van der Waals surface area contributed by atoms with Crippen LogP contribution in [-0.2, 0) is 9.53 Å². The molecule has 2 rings (SSSR count). The Kier molecular flexibility index (Phi) is 5.52. The van der Waals surface area contributed by atoms with Crippen LogP contribution in [0.5, 0.6) is 5.75 Å². The molecule has 0 heterocycles. The van der Waals surface area contributed by atoms with Crippen LogP contribution in [0.4, 0.5) is 10.1 Å². The molecule has 0 aliphatic rings. The molecule has 6 heteroatoms. The maximum absolute atomic E-state index is 13.6. The van der Waals surface area contributed by atoms with Crippen LogP contribution in [0.3, 0.4) is 0 Å². The van der Waals surface area contributed by atoms with Crippen molar-refractivity contribution in [1.82, 2.24) is 0 Å². The van der Waals surface area contributed by atoms with Crippen LogP contribution in [-0.4, -0.2) is 25.6 Å². The van der Waals surface area contributed by atoms with E-state index in [1.807, 2.05) is 32.0 Å². The Bertz CT molecular complexity index is 774. The third-order valence-electron chi connectivity index (χ3n) is 3.39. The van der Waals surface area contributed by atoms with E-state index in [0.29, 0.717) is 5.69 Å². The lowest BCUT2D eigenvalue weighted by atomic mass is 10.1. The molecule has 0 aromatic heterocycles. The second kappa shape index (κ2) is 7.59. The largest absolute Gasteiger partial charge is 0.494 e. The van der Waals surface area contributed by atoms with Gasteiger partial charge in [-0.25, -0.2) is 9.18 Å². The standard InChI is InChI=1S/C18H18FNO4/c1-11-4-5-12(2)15(8-11)20-17(21)10-24-18(22)13-6-7-16(23-3)14(19)9-13/h4-9H,10H2,1-3H3,(H,20,21). The first-order valence-corrected chi connectivity index (χ1v) is 7.28. The van der Waals surface area contributed by atoms with Gasteiger partial charge in [0.2, 0.25) is 0 Å². The van der Waals surface area contributed by atoms with Gasteiger partial charge in [-0.05, 0) is 49.2 Å². The van der Waals surface area contributed by atoms with Gasteiger partial charge in [0.05, 0.1) is 12.7 Å². The number of amides is 1. The fourth-order valence-electron chi connectivity index (χ4n) is 2.06. The molecule has 24 heavy (non-hydrogen) atoms. The van der Waals surface area contributed by atoms with E-state index in [4.69, 9.17) is 9.47 Å². The van der Waals surface area contributed by atoms with Gasteiger partial charge in [0, 0.05) is 5.69 Å². The van der Waals surface area contributed by atoms with Crippen LogP contribution >= 0.6 is 0 Å². The number of aryl methyl sites for hydroxylation is 2. The molecule has 0 unspecified atom stereocenters. The number of anilines is 1. The lowest BCUT2D eigenvalue weighted by Crippen LogP contribution is -2.21. The van der Waals surface area contributed by atoms with E-state index >= 15 is 0 Å². The predicted octanol–water partition coefficient (Wildman–Crippen LogP) is 3.25. The minimum atomic E-state index is -0.785. The van der Waals surface area contributed by atoms with E-state index in [9.17, 15) is 14.0 Å². The topological polar surface area (TPSA) is 64.6 Å². The molecular weight excluding hydrogens is 313 g/mol. The SMILES string of the molecule is COc1ccc(C(=O)OCC(=O)Nc2cc(C)ccc2C)cc1F. The predicted molar refractivity (Wildman–Crippen MR) is 87.8 cm³/mol. The van der Waals surface area contributed by atoms with E-state index in [2.05, 4.69) is 5.32 Å². The molecule has 0 spiro atoms. The fourth-order valence-corrected chi connectivity index (χ4v) is 2.06. The summed E-state index contributed by atoms with van der Waals surface area (Å²) in [6, 6.07) is 9.34. The molecule has 0 atom stereocenters. The highest BCUT2D eigenvalue weighted by Crippen LogP contribution is 2.18. The van der Waals surface area contributed by atoms with Gasteiger partial charge >= 0.3 is 5.97 Å². The smallest absolute Gasteiger partial charge is 0.338 e. The summed E-state index contributed by atoms with van der Waals surface area (Å²) in [6.45, 7) is 3.31. The average Bonchev–Trinajstić information content (AvgIpc) is 2.56. The third-order valence-corrected chi connectivity index (χ3v) is 3.39. The minimum Gasteiger partial charge on any atom is -0.494 e. The normalized spacial score (nSPS) is 10.2. The molecule has 1 N–H and O–H groups in total. The second-order valence-corrected chi connectivity index (χ2v) is 5.29. The molecule has 5 nitrogen and oxygen atoms in total. The first kappa shape index (κ1) is 17.5. The molecule has 0 aliphatic carbocycles. The van der Waals surface area contributed by atoms with Crippen LogP contribution in [0.2, 0.25) is 0 Å². The van der Waals surface area contributed by atoms with E-state index in [1.54, 1.807) is 0 Å². The maximum atomic E-state index is 13.6. The van der Waals surface area contributed by atoms with Gasteiger partial charge in [0.15, 0.2) is 18.2 Å². The van der Waals surface area contributed by atoms with Crippen molar-refractivity contribution in [3.63, 3.8) is 0 Å². The number of carbonyl (C=O) groups excluding carboxylic acids is 2. The van der Waals surface area contributed by atoms with Gasteiger partial charge in [-0.15, -0.1) is 0 Å².